The van der Waals surface area contributed by atoms with E-state index in [1.54, 1.807) is 0 Å². The van der Waals surface area contributed by atoms with Crippen molar-refractivity contribution in [1.82, 2.24) is 0 Å². The molecule has 0 saturated carbocycles. The van der Waals surface area contributed by atoms with Gasteiger partial charge in [0.1, 0.15) is 5.60 Å². The third-order valence-corrected chi connectivity index (χ3v) is 4.26. The van der Waals surface area contributed by atoms with E-state index < -0.39 is 23.5 Å². The van der Waals surface area contributed by atoms with E-state index in [1.165, 1.54) is 7.11 Å². The highest BCUT2D eigenvalue weighted by atomic mass is 16.6. The Morgan fingerprint density at radius 2 is 2.00 bits per heavy atom. The van der Waals surface area contributed by atoms with Gasteiger partial charge in [-0.2, -0.15) is 0 Å². The molecule has 1 saturated heterocycles. The van der Waals surface area contributed by atoms with Crippen LogP contribution in [0.4, 0.5) is 0 Å². The summed E-state index contributed by atoms with van der Waals surface area (Å²) in [6, 6.07) is 9.83. The molecule has 0 aromatic heterocycles. The van der Waals surface area contributed by atoms with Crippen molar-refractivity contribution in [2.45, 2.75) is 18.4 Å². The molecule has 1 heterocycles. The summed E-state index contributed by atoms with van der Waals surface area (Å²) < 4.78 is 10.2. The van der Waals surface area contributed by atoms with Crippen molar-refractivity contribution in [2.24, 2.45) is 11.8 Å². The highest BCUT2D eigenvalue weighted by molar-refractivity contribution is 5.97. The van der Waals surface area contributed by atoms with Crippen LogP contribution < -0.4 is 0 Å². The SMILES string of the molecule is COC(=O)[C@@H]1C(=O)O[C@@]2(C)C=C[C@H](c3ccccc3)[C@@H]12. The maximum absolute atomic E-state index is 12.0. The van der Waals surface area contributed by atoms with Gasteiger partial charge in [0.15, 0.2) is 5.92 Å². The summed E-state index contributed by atoms with van der Waals surface area (Å²) in [4.78, 5) is 23.9. The number of hydrogen-bond acceptors (Lipinski definition) is 4. The minimum absolute atomic E-state index is 0.0169. The van der Waals surface area contributed by atoms with E-state index in [4.69, 9.17) is 9.47 Å². The fourth-order valence-electron chi connectivity index (χ4n) is 3.31. The smallest absolute Gasteiger partial charge is 0.321 e. The number of carbonyl (C=O) groups excluding carboxylic acids is 2. The van der Waals surface area contributed by atoms with Crippen LogP contribution in [0.5, 0.6) is 0 Å². The Balaban J connectivity index is 2.02. The minimum atomic E-state index is -0.856. The van der Waals surface area contributed by atoms with Crippen LogP contribution in [0, 0.1) is 11.8 Å². The molecule has 2 aliphatic rings. The molecule has 1 aliphatic heterocycles. The maximum atomic E-state index is 12.0. The lowest BCUT2D eigenvalue weighted by Gasteiger charge is -2.26. The van der Waals surface area contributed by atoms with E-state index in [9.17, 15) is 9.59 Å². The average molecular weight is 272 g/mol. The second-order valence-electron chi connectivity index (χ2n) is 5.43. The van der Waals surface area contributed by atoms with Crippen molar-refractivity contribution in [3.05, 3.63) is 48.0 Å². The number of carbonyl (C=O) groups is 2. The fourth-order valence-corrected chi connectivity index (χ4v) is 3.31. The first-order chi connectivity index (χ1) is 9.57. The zero-order valence-corrected chi connectivity index (χ0v) is 11.4. The number of esters is 2. The molecule has 0 spiro atoms. The average Bonchev–Trinajstić information content (AvgIpc) is 2.89. The van der Waals surface area contributed by atoms with Crippen LogP contribution in [0.15, 0.2) is 42.5 Å². The van der Waals surface area contributed by atoms with Crippen LogP contribution in [0.3, 0.4) is 0 Å². The van der Waals surface area contributed by atoms with Gasteiger partial charge in [0.25, 0.3) is 0 Å². The van der Waals surface area contributed by atoms with E-state index in [1.807, 2.05) is 49.4 Å². The Morgan fingerprint density at radius 3 is 2.65 bits per heavy atom. The molecule has 0 radical (unpaired) electrons. The Bertz CT molecular complexity index is 577. The predicted octanol–water partition coefficient (Wildman–Crippen LogP) is 2.06. The monoisotopic (exact) mass is 272 g/mol. The minimum Gasteiger partial charge on any atom is -0.468 e. The summed E-state index contributed by atoms with van der Waals surface area (Å²) >= 11 is 0. The van der Waals surface area contributed by atoms with Gasteiger partial charge in [-0.15, -0.1) is 0 Å². The maximum Gasteiger partial charge on any atom is 0.321 e. The molecule has 0 bridgehead atoms. The van der Waals surface area contributed by atoms with Crippen LogP contribution in [-0.4, -0.2) is 24.6 Å². The lowest BCUT2D eigenvalue weighted by atomic mass is 9.76. The summed E-state index contributed by atoms with van der Waals surface area (Å²) in [7, 11) is 1.30. The molecule has 1 fully saturated rings. The lowest BCUT2D eigenvalue weighted by Crippen LogP contribution is -2.34. The Hall–Kier alpha value is -2.10. The number of fused-ring (bicyclic) bond motifs is 1. The molecule has 0 amide bonds. The zero-order valence-electron chi connectivity index (χ0n) is 11.4. The van der Waals surface area contributed by atoms with Crippen molar-refractivity contribution < 1.29 is 19.1 Å². The van der Waals surface area contributed by atoms with Crippen LogP contribution in [0.1, 0.15) is 18.4 Å². The van der Waals surface area contributed by atoms with E-state index in [0.29, 0.717) is 0 Å². The first-order valence-electron chi connectivity index (χ1n) is 6.62. The number of benzene rings is 1. The van der Waals surface area contributed by atoms with Crippen LogP contribution in [0.25, 0.3) is 0 Å². The molecule has 1 aliphatic carbocycles. The van der Waals surface area contributed by atoms with E-state index in [2.05, 4.69) is 0 Å². The van der Waals surface area contributed by atoms with E-state index in [0.717, 1.165) is 5.56 Å². The standard InChI is InChI=1S/C16H16O4/c1-16-9-8-11(10-6-4-3-5-7-10)13(16)12(14(17)19-2)15(18)20-16/h3-9,11-13H,1-2H3/t11-,12-,13+,16+/m1/s1. The van der Waals surface area contributed by atoms with Crippen molar-refractivity contribution >= 4 is 11.9 Å². The topological polar surface area (TPSA) is 52.6 Å². The van der Waals surface area contributed by atoms with Gasteiger partial charge in [-0.1, -0.05) is 36.4 Å². The quantitative estimate of drug-likeness (QED) is 0.470. The molecular weight excluding hydrogens is 256 g/mol. The summed E-state index contributed by atoms with van der Waals surface area (Å²) in [6.07, 6.45) is 3.90. The molecule has 4 nitrogen and oxygen atoms in total. The van der Waals surface area contributed by atoms with Crippen molar-refractivity contribution in [2.75, 3.05) is 7.11 Å². The summed E-state index contributed by atoms with van der Waals surface area (Å²) in [5.74, 6) is -2.13. The van der Waals surface area contributed by atoms with E-state index >= 15 is 0 Å². The molecule has 4 atom stereocenters. The Morgan fingerprint density at radius 1 is 1.30 bits per heavy atom. The van der Waals surface area contributed by atoms with Gasteiger partial charge in [0.2, 0.25) is 0 Å². The second kappa shape index (κ2) is 4.47. The molecule has 104 valence electrons. The molecule has 20 heavy (non-hydrogen) atoms. The van der Waals surface area contributed by atoms with E-state index in [-0.39, 0.29) is 11.8 Å². The molecule has 1 aromatic rings. The lowest BCUT2D eigenvalue weighted by molar-refractivity contribution is -0.156. The Kier molecular flexibility index (Phi) is 2.89. The predicted molar refractivity (Wildman–Crippen MR) is 71.8 cm³/mol. The van der Waals surface area contributed by atoms with Gasteiger partial charge in [0.05, 0.1) is 7.11 Å². The number of rotatable bonds is 2. The fraction of sp³-hybridized carbons (Fsp3) is 0.375. The number of hydrogen-bond donors (Lipinski definition) is 0. The molecule has 4 heteroatoms. The molecule has 3 rings (SSSR count). The van der Waals surface area contributed by atoms with Crippen LogP contribution >= 0.6 is 0 Å². The summed E-state index contributed by atoms with van der Waals surface area (Å²) in [5, 5.41) is 0. The largest absolute Gasteiger partial charge is 0.468 e. The number of ether oxygens (including phenoxy) is 2. The molecule has 0 N–H and O–H groups in total. The van der Waals surface area contributed by atoms with Crippen LogP contribution in [-0.2, 0) is 19.1 Å². The van der Waals surface area contributed by atoms with Gasteiger partial charge in [-0.25, -0.2) is 0 Å². The van der Waals surface area contributed by atoms with Crippen molar-refractivity contribution in [3.8, 4) is 0 Å². The number of methoxy groups -OCH3 is 1. The third kappa shape index (κ3) is 1.75. The zero-order chi connectivity index (χ0) is 14.3. The van der Waals surface area contributed by atoms with Crippen LogP contribution in [0.2, 0.25) is 0 Å². The third-order valence-electron chi connectivity index (χ3n) is 4.26. The Labute approximate surface area is 117 Å². The highest BCUT2D eigenvalue weighted by Gasteiger charge is 2.60. The van der Waals surface area contributed by atoms with Gasteiger partial charge >= 0.3 is 11.9 Å². The first-order valence-corrected chi connectivity index (χ1v) is 6.62. The van der Waals surface area contributed by atoms with Gasteiger partial charge in [-0.05, 0) is 18.6 Å². The van der Waals surface area contributed by atoms with Gasteiger partial charge in [0, 0.05) is 11.8 Å². The van der Waals surface area contributed by atoms with Crippen molar-refractivity contribution in [1.29, 1.82) is 0 Å². The van der Waals surface area contributed by atoms with Crippen molar-refractivity contribution in [3.63, 3.8) is 0 Å². The molecular formula is C16H16O4. The molecule has 1 aromatic carbocycles. The summed E-state index contributed by atoms with van der Waals surface area (Å²) in [6.45, 7) is 1.85. The molecule has 0 unspecified atom stereocenters. The van der Waals surface area contributed by atoms with Gasteiger partial charge in [-0.3, -0.25) is 9.59 Å². The second-order valence-corrected chi connectivity index (χ2v) is 5.43. The first kappa shape index (κ1) is 12.9. The number of allylic oxidation sites excluding steroid dienone is 1. The highest BCUT2D eigenvalue weighted by Crippen LogP contribution is 2.51. The normalized spacial score (nSPS) is 34.7. The summed E-state index contributed by atoms with van der Waals surface area (Å²) in [5.41, 5.74) is 0.348. The van der Waals surface area contributed by atoms with Gasteiger partial charge < -0.3 is 9.47 Å².